The molecule has 1 heterocycles. The zero-order valence-corrected chi connectivity index (χ0v) is 8.39. The minimum atomic E-state index is -0.306. The minimum Gasteiger partial charge on any atom is -0.414 e. The van der Waals surface area contributed by atoms with Crippen LogP contribution in [0.25, 0.3) is 10.3 Å². The van der Waals surface area contributed by atoms with Gasteiger partial charge in [0.1, 0.15) is 11.4 Å². The maximum absolute atomic E-state index is 10.9. The Balaban J connectivity index is 2.50. The third-order valence-corrected chi connectivity index (χ3v) is 2.64. The van der Waals surface area contributed by atoms with Gasteiger partial charge in [-0.2, -0.15) is 0 Å². The molecule has 2 rings (SSSR count). The topological polar surface area (TPSA) is 47.3 Å². The lowest BCUT2D eigenvalue weighted by atomic mass is 10.1. The average Bonchev–Trinajstić information content (AvgIpc) is 2.42. The Bertz CT molecular complexity index is 536. The van der Waals surface area contributed by atoms with Crippen LogP contribution in [0.15, 0.2) is 27.4 Å². The fraction of sp³-hybridized carbons (Fsp3) is 0.200. The Kier molecular flexibility index (Phi) is 2.21. The standard InChI is InChI=1S/C10H8O3S/c1-6(11)4-7-2-3-8-9(5-7)14-10(12)13-8/h2-3,5H,4H2,1H3. The van der Waals surface area contributed by atoms with Crippen molar-refractivity contribution in [3.8, 4) is 0 Å². The number of Topliss-reactive ketones (excluding diaryl/α,β-unsaturated/α-hetero) is 1. The molecule has 1 aromatic carbocycles. The quantitative estimate of drug-likeness (QED) is 0.758. The van der Waals surface area contributed by atoms with E-state index < -0.39 is 0 Å². The third-order valence-electron chi connectivity index (χ3n) is 1.85. The molecule has 14 heavy (non-hydrogen) atoms. The monoisotopic (exact) mass is 208 g/mol. The molecule has 0 radical (unpaired) electrons. The number of carbonyl (C=O) groups is 1. The average molecular weight is 208 g/mol. The van der Waals surface area contributed by atoms with Crippen LogP contribution in [0.4, 0.5) is 0 Å². The molecule has 0 saturated carbocycles. The van der Waals surface area contributed by atoms with E-state index in [4.69, 9.17) is 4.42 Å². The number of ketones is 1. The zero-order valence-electron chi connectivity index (χ0n) is 7.57. The molecule has 0 N–H and O–H groups in total. The van der Waals surface area contributed by atoms with Crippen molar-refractivity contribution < 1.29 is 9.21 Å². The second-order valence-corrected chi connectivity index (χ2v) is 4.09. The first-order chi connectivity index (χ1) is 6.65. The Hall–Kier alpha value is -1.42. The van der Waals surface area contributed by atoms with E-state index >= 15 is 0 Å². The summed E-state index contributed by atoms with van der Waals surface area (Å²) >= 11 is 1.06. The summed E-state index contributed by atoms with van der Waals surface area (Å²) in [5.41, 5.74) is 1.51. The minimum absolute atomic E-state index is 0.111. The van der Waals surface area contributed by atoms with Crippen LogP contribution in [-0.2, 0) is 11.2 Å². The van der Waals surface area contributed by atoms with Crippen molar-refractivity contribution >= 4 is 27.4 Å². The number of benzene rings is 1. The van der Waals surface area contributed by atoms with E-state index in [9.17, 15) is 9.59 Å². The molecule has 0 bridgehead atoms. The maximum Gasteiger partial charge on any atom is 0.396 e. The molecule has 0 aliphatic rings. The van der Waals surface area contributed by atoms with Gasteiger partial charge in [0.05, 0.1) is 4.70 Å². The molecule has 1 aromatic heterocycles. The van der Waals surface area contributed by atoms with Gasteiger partial charge in [0.2, 0.25) is 0 Å². The molecule has 0 amide bonds. The largest absolute Gasteiger partial charge is 0.414 e. The second-order valence-electron chi connectivity index (χ2n) is 3.11. The highest BCUT2D eigenvalue weighted by molar-refractivity contribution is 7.16. The van der Waals surface area contributed by atoms with Crippen LogP contribution in [0.1, 0.15) is 12.5 Å². The highest BCUT2D eigenvalue weighted by atomic mass is 32.1. The van der Waals surface area contributed by atoms with Crippen LogP contribution in [0, 0.1) is 0 Å². The summed E-state index contributed by atoms with van der Waals surface area (Å²) in [7, 11) is 0. The number of hydrogen-bond donors (Lipinski definition) is 0. The van der Waals surface area contributed by atoms with Gasteiger partial charge in [0, 0.05) is 6.42 Å². The second kappa shape index (κ2) is 3.38. The Morgan fingerprint density at radius 3 is 3.00 bits per heavy atom. The van der Waals surface area contributed by atoms with Crippen molar-refractivity contribution in [2.45, 2.75) is 13.3 Å². The van der Waals surface area contributed by atoms with E-state index in [0.29, 0.717) is 12.0 Å². The van der Waals surface area contributed by atoms with Crippen LogP contribution < -0.4 is 4.94 Å². The van der Waals surface area contributed by atoms with E-state index in [-0.39, 0.29) is 10.7 Å². The van der Waals surface area contributed by atoms with Gasteiger partial charge in [-0.1, -0.05) is 17.4 Å². The summed E-state index contributed by atoms with van der Waals surface area (Å²) in [5, 5.41) is 0. The van der Waals surface area contributed by atoms with Crippen LogP contribution in [0.3, 0.4) is 0 Å². The van der Waals surface area contributed by atoms with Crippen LogP contribution in [0.2, 0.25) is 0 Å². The molecule has 3 nitrogen and oxygen atoms in total. The number of rotatable bonds is 2. The van der Waals surface area contributed by atoms with Gasteiger partial charge in [0.25, 0.3) is 0 Å². The van der Waals surface area contributed by atoms with Gasteiger partial charge in [-0.25, -0.2) is 4.79 Å². The summed E-state index contributed by atoms with van der Waals surface area (Å²) in [6.07, 6.45) is 0.405. The lowest BCUT2D eigenvalue weighted by Gasteiger charge is -1.95. The molecule has 2 aromatic rings. The molecule has 0 aliphatic carbocycles. The van der Waals surface area contributed by atoms with E-state index in [1.165, 1.54) is 0 Å². The third kappa shape index (κ3) is 1.75. The Morgan fingerprint density at radius 2 is 2.29 bits per heavy atom. The molecule has 0 fully saturated rings. The van der Waals surface area contributed by atoms with Crippen LogP contribution >= 0.6 is 11.3 Å². The lowest BCUT2D eigenvalue weighted by Crippen LogP contribution is -1.95. The Labute approximate surface area is 84.0 Å². The van der Waals surface area contributed by atoms with Gasteiger partial charge in [-0.3, -0.25) is 4.79 Å². The molecule has 0 unspecified atom stereocenters. The van der Waals surface area contributed by atoms with E-state index in [1.807, 2.05) is 6.07 Å². The Morgan fingerprint density at radius 1 is 1.50 bits per heavy atom. The summed E-state index contributed by atoms with van der Waals surface area (Å²) in [4.78, 5) is 21.5. The molecular weight excluding hydrogens is 200 g/mol. The summed E-state index contributed by atoms with van der Waals surface area (Å²) in [6.45, 7) is 1.54. The first-order valence-electron chi connectivity index (χ1n) is 4.17. The van der Waals surface area contributed by atoms with Gasteiger partial charge in [-0.05, 0) is 24.6 Å². The molecule has 72 valence electrons. The SMILES string of the molecule is CC(=O)Cc1ccc2oc(=O)sc2c1. The van der Waals surface area contributed by atoms with Crippen molar-refractivity contribution in [3.63, 3.8) is 0 Å². The molecular formula is C10H8O3S. The molecule has 0 aliphatic heterocycles. The fourth-order valence-corrected chi connectivity index (χ4v) is 2.05. The van der Waals surface area contributed by atoms with Gasteiger partial charge >= 0.3 is 4.94 Å². The summed E-state index contributed by atoms with van der Waals surface area (Å²) in [5.74, 6) is 0.111. The lowest BCUT2D eigenvalue weighted by molar-refractivity contribution is -0.116. The van der Waals surface area contributed by atoms with Gasteiger partial charge in [0.15, 0.2) is 0 Å². The summed E-state index contributed by atoms with van der Waals surface area (Å²) < 4.78 is 5.71. The van der Waals surface area contributed by atoms with E-state index in [0.717, 1.165) is 21.6 Å². The van der Waals surface area contributed by atoms with Crippen LogP contribution in [-0.4, -0.2) is 5.78 Å². The highest BCUT2D eigenvalue weighted by Gasteiger charge is 2.04. The first kappa shape index (κ1) is 9.15. The molecule has 0 spiro atoms. The number of hydrogen-bond acceptors (Lipinski definition) is 4. The molecule has 4 heteroatoms. The first-order valence-corrected chi connectivity index (χ1v) is 4.99. The van der Waals surface area contributed by atoms with Gasteiger partial charge < -0.3 is 4.42 Å². The fourth-order valence-electron chi connectivity index (χ4n) is 1.31. The van der Waals surface area contributed by atoms with Crippen LogP contribution in [0.5, 0.6) is 0 Å². The van der Waals surface area contributed by atoms with E-state index in [1.54, 1.807) is 19.1 Å². The normalized spacial score (nSPS) is 10.6. The summed E-state index contributed by atoms with van der Waals surface area (Å²) in [6, 6.07) is 5.36. The maximum atomic E-state index is 10.9. The number of fused-ring (bicyclic) bond motifs is 1. The number of carbonyl (C=O) groups excluding carboxylic acids is 1. The van der Waals surface area contributed by atoms with Crippen molar-refractivity contribution in [1.29, 1.82) is 0 Å². The predicted octanol–water partition coefficient (Wildman–Crippen LogP) is 1.99. The van der Waals surface area contributed by atoms with Crippen molar-refractivity contribution in [3.05, 3.63) is 33.5 Å². The van der Waals surface area contributed by atoms with E-state index in [2.05, 4.69) is 0 Å². The zero-order chi connectivity index (χ0) is 10.1. The molecule has 0 saturated heterocycles. The molecule has 0 atom stereocenters. The van der Waals surface area contributed by atoms with Crippen molar-refractivity contribution in [1.82, 2.24) is 0 Å². The van der Waals surface area contributed by atoms with Crippen molar-refractivity contribution in [2.75, 3.05) is 0 Å². The smallest absolute Gasteiger partial charge is 0.396 e. The predicted molar refractivity (Wildman–Crippen MR) is 54.7 cm³/mol. The highest BCUT2D eigenvalue weighted by Crippen LogP contribution is 2.18. The van der Waals surface area contributed by atoms with Crippen molar-refractivity contribution in [2.24, 2.45) is 0 Å². The van der Waals surface area contributed by atoms with Gasteiger partial charge in [-0.15, -0.1) is 0 Å².